The molecule has 9 nitrogen and oxygen atoms in total. The van der Waals surface area contributed by atoms with E-state index in [0.29, 0.717) is 38.5 Å². The normalized spacial score (nSPS) is 21.3. The summed E-state index contributed by atoms with van der Waals surface area (Å²) < 4.78 is 11.0. The van der Waals surface area contributed by atoms with Gasteiger partial charge in [0, 0.05) is 32.2 Å². The minimum Gasteiger partial charge on any atom is -0.474 e. The van der Waals surface area contributed by atoms with Gasteiger partial charge in [0.2, 0.25) is 0 Å². The topological polar surface area (TPSA) is 98.0 Å². The number of nitrogens with zero attached hydrogens (tertiary/aromatic N) is 4. The van der Waals surface area contributed by atoms with Crippen LogP contribution in [0.15, 0.2) is 12.1 Å². The van der Waals surface area contributed by atoms with Gasteiger partial charge < -0.3 is 19.6 Å². The number of rotatable bonds is 5. The molecule has 1 aromatic heterocycles. The van der Waals surface area contributed by atoms with Gasteiger partial charge in [-0.1, -0.05) is 6.92 Å². The second-order valence-corrected chi connectivity index (χ2v) is 5.71. The zero-order valence-electron chi connectivity index (χ0n) is 13.5. The lowest BCUT2D eigenvalue weighted by molar-refractivity contribution is -0.389. The van der Waals surface area contributed by atoms with E-state index in [2.05, 4.69) is 9.88 Å². The van der Waals surface area contributed by atoms with Gasteiger partial charge >= 0.3 is 5.82 Å². The lowest BCUT2D eigenvalue weighted by Crippen LogP contribution is -2.50. The molecule has 1 fully saturated rings. The first-order valence-corrected chi connectivity index (χ1v) is 8.03. The largest absolute Gasteiger partial charge is 0.474 e. The third kappa shape index (κ3) is 3.31. The van der Waals surface area contributed by atoms with Crippen LogP contribution in [0.3, 0.4) is 0 Å². The maximum absolute atomic E-state index is 12.6. The van der Waals surface area contributed by atoms with Crippen molar-refractivity contribution in [3.63, 3.8) is 0 Å². The van der Waals surface area contributed by atoms with Crippen LogP contribution in [-0.4, -0.2) is 66.2 Å². The number of morpholine rings is 1. The number of aromatic nitrogens is 1. The molecule has 24 heavy (non-hydrogen) atoms. The average Bonchev–Trinajstić information content (AvgIpc) is 2.60. The van der Waals surface area contributed by atoms with Crippen LogP contribution >= 0.6 is 0 Å². The second kappa shape index (κ2) is 7.10. The number of ether oxygens (including phenoxy) is 2. The van der Waals surface area contributed by atoms with Crippen LogP contribution in [0.25, 0.3) is 0 Å². The number of amides is 1. The van der Waals surface area contributed by atoms with E-state index in [1.807, 2.05) is 6.92 Å². The summed E-state index contributed by atoms with van der Waals surface area (Å²) in [5.74, 6) is 0.143. The van der Waals surface area contributed by atoms with E-state index < -0.39 is 11.0 Å². The van der Waals surface area contributed by atoms with Gasteiger partial charge in [0.1, 0.15) is 0 Å². The molecule has 1 unspecified atom stereocenters. The molecule has 1 saturated heterocycles. The number of pyridine rings is 1. The molecule has 9 heteroatoms. The molecule has 2 aliphatic heterocycles. The van der Waals surface area contributed by atoms with Crippen LogP contribution in [0, 0.1) is 10.1 Å². The van der Waals surface area contributed by atoms with Gasteiger partial charge in [0.15, 0.2) is 11.9 Å². The van der Waals surface area contributed by atoms with Crippen molar-refractivity contribution < 1.29 is 19.2 Å². The van der Waals surface area contributed by atoms with E-state index in [-0.39, 0.29) is 17.5 Å². The molecule has 1 atom stereocenters. The summed E-state index contributed by atoms with van der Waals surface area (Å²) in [6.45, 7) is 5.92. The standard InChI is InChI=1S/C15H20N4O5/c1-2-11-15(20)18(6-5-17-7-9-23-10-8-17)14-12(24-11)3-4-13(16-14)19(21)22/h3-4,11H,2,5-10H2,1H3. The number of hydrogen-bond acceptors (Lipinski definition) is 7. The van der Waals surface area contributed by atoms with Crippen molar-refractivity contribution in [2.24, 2.45) is 0 Å². The Bertz CT molecular complexity index is 632. The van der Waals surface area contributed by atoms with E-state index in [1.54, 1.807) is 0 Å². The minimum atomic E-state index is -0.578. The smallest absolute Gasteiger partial charge is 0.366 e. The Morgan fingerprint density at radius 2 is 2.08 bits per heavy atom. The van der Waals surface area contributed by atoms with Crippen LogP contribution < -0.4 is 9.64 Å². The molecule has 0 bridgehead atoms. The van der Waals surface area contributed by atoms with E-state index >= 15 is 0 Å². The first-order chi connectivity index (χ1) is 11.6. The molecule has 0 saturated carbocycles. The second-order valence-electron chi connectivity index (χ2n) is 5.71. The molecule has 0 aliphatic carbocycles. The molecule has 2 aliphatic rings. The fraction of sp³-hybridized carbons (Fsp3) is 0.600. The Morgan fingerprint density at radius 1 is 1.33 bits per heavy atom. The first kappa shape index (κ1) is 16.6. The Hall–Kier alpha value is -2.26. The molecular weight excluding hydrogens is 316 g/mol. The quantitative estimate of drug-likeness (QED) is 0.580. The third-order valence-corrected chi connectivity index (χ3v) is 4.19. The molecule has 0 aromatic carbocycles. The van der Waals surface area contributed by atoms with E-state index in [9.17, 15) is 14.9 Å². The zero-order chi connectivity index (χ0) is 17.1. The summed E-state index contributed by atoms with van der Waals surface area (Å²) in [6, 6.07) is 2.80. The lowest BCUT2D eigenvalue weighted by Gasteiger charge is -2.33. The van der Waals surface area contributed by atoms with Gasteiger partial charge in [-0.2, -0.15) is 0 Å². The third-order valence-electron chi connectivity index (χ3n) is 4.19. The molecule has 1 aromatic rings. The number of fused-ring (bicyclic) bond motifs is 1. The highest BCUT2D eigenvalue weighted by Gasteiger charge is 2.38. The van der Waals surface area contributed by atoms with Gasteiger partial charge in [0.05, 0.1) is 13.2 Å². The van der Waals surface area contributed by atoms with Gasteiger partial charge in [-0.15, -0.1) is 0 Å². The van der Waals surface area contributed by atoms with Gasteiger partial charge in [0.25, 0.3) is 11.7 Å². The van der Waals surface area contributed by atoms with E-state index in [0.717, 1.165) is 13.1 Å². The predicted octanol–water partition coefficient (Wildman–Crippen LogP) is 0.826. The summed E-state index contributed by atoms with van der Waals surface area (Å²) in [7, 11) is 0. The van der Waals surface area contributed by atoms with Crippen molar-refractivity contribution in [2.45, 2.75) is 19.4 Å². The van der Waals surface area contributed by atoms with Crippen molar-refractivity contribution in [2.75, 3.05) is 44.3 Å². The molecular formula is C15H20N4O5. The Balaban J connectivity index is 1.83. The van der Waals surface area contributed by atoms with Crippen molar-refractivity contribution in [1.29, 1.82) is 0 Å². The molecule has 0 N–H and O–H groups in total. The van der Waals surface area contributed by atoms with Crippen LogP contribution in [0.4, 0.5) is 11.6 Å². The maximum atomic E-state index is 12.6. The molecule has 3 rings (SSSR count). The highest BCUT2D eigenvalue weighted by atomic mass is 16.6. The fourth-order valence-corrected chi connectivity index (χ4v) is 2.83. The summed E-state index contributed by atoms with van der Waals surface area (Å²) in [4.78, 5) is 30.7. The fourth-order valence-electron chi connectivity index (χ4n) is 2.83. The van der Waals surface area contributed by atoms with Gasteiger partial charge in [-0.05, 0) is 22.4 Å². The number of nitro groups is 1. The van der Waals surface area contributed by atoms with Gasteiger partial charge in [-0.3, -0.25) is 14.6 Å². The average molecular weight is 336 g/mol. The Morgan fingerprint density at radius 3 is 2.75 bits per heavy atom. The number of hydrogen-bond donors (Lipinski definition) is 0. The monoisotopic (exact) mass is 336 g/mol. The number of carbonyl (C=O) groups excluding carboxylic acids is 1. The van der Waals surface area contributed by atoms with Gasteiger partial charge in [-0.25, -0.2) is 0 Å². The number of carbonyl (C=O) groups is 1. The minimum absolute atomic E-state index is 0.203. The van der Waals surface area contributed by atoms with Crippen molar-refractivity contribution >= 4 is 17.5 Å². The summed E-state index contributed by atoms with van der Waals surface area (Å²) in [6.07, 6.45) is -0.0472. The van der Waals surface area contributed by atoms with Crippen molar-refractivity contribution in [1.82, 2.24) is 9.88 Å². The summed E-state index contributed by atoms with van der Waals surface area (Å²) in [5.41, 5.74) is 0. The highest BCUT2D eigenvalue weighted by molar-refractivity contribution is 5.99. The van der Waals surface area contributed by atoms with Crippen molar-refractivity contribution in [3.8, 4) is 5.75 Å². The lowest BCUT2D eigenvalue weighted by atomic mass is 10.2. The van der Waals surface area contributed by atoms with E-state index in [1.165, 1.54) is 17.0 Å². The Labute approximate surface area is 139 Å². The molecule has 130 valence electrons. The highest BCUT2D eigenvalue weighted by Crippen LogP contribution is 2.34. The number of anilines is 1. The SMILES string of the molecule is CCC1Oc2ccc([N+](=O)[O-])nc2N(CCN2CCOCC2)C1=O. The molecule has 1 amide bonds. The zero-order valence-corrected chi connectivity index (χ0v) is 13.5. The molecule has 0 spiro atoms. The summed E-state index contributed by atoms with van der Waals surface area (Å²) >= 11 is 0. The van der Waals surface area contributed by atoms with Crippen LogP contribution in [0.2, 0.25) is 0 Å². The van der Waals surface area contributed by atoms with Crippen LogP contribution in [0.1, 0.15) is 13.3 Å². The summed E-state index contributed by atoms with van der Waals surface area (Å²) in [5, 5.41) is 11.0. The molecule has 0 radical (unpaired) electrons. The van der Waals surface area contributed by atoms with Crippen LogP contribution in [0.5, 0.6) is 5.75 Å². The predicted molar refractivity (Wildman–Crippen MR) is 85.2 cm³/mol. The van der Waals surface area contributed by atoms with E-state index in [4.69, 9.17) is 9.47 Å². The Kier molecular flexibility index (Phi) is 4.91. The van der Waals surface area contributed by atoms with Crippen LogP contribution in [-0.2, 0) is 9.53 Å². The maximum Gasteiger partial charge on any atom is 0.366 e. The molecule has 3 heterocycles. The van der Waals surface area contributed by atoms with Crippen molar-refractivity contribution in [3.05, 3.63) is 22.2 Å². The first-order valence-electron chi connectivity index (χ1n) is 8.03.